The van der Waals surface area contributed by atoms with Crippen LogP contribution < -0.4 is 5.32 Å². The summed E-state index contributed by atoms with van der Waals surface area (Å²) >= 11 is 0. The van der Waals surface area contributed by atoms with Crippen LogP contribution in [0, 0.1) is 0 Å². The summed E-state index contributed by atoms with van der Waals surface area (Å²) in [7, 11) is 0. The summed E-state index contributed by atoms with van der Waals surface area (Å²) in [5.41, 5.74) is 0.945. The second-order valence-corrected chi connectivity index (χ2v) is 6.62. The molecule has 2 unspecified atom stereocenters. The second-order valence-electron chi connectivity index (χ2n) is 6.62. The molecular formula is C17H25NO2. The molecule has 1 amide bonds. The minimum absolute atomic E-state index is 0.226. The number of carbonyl (C=O) groups is 1. The fraction of sp³-hybridized carbons (Fsp3) is 0.588. The van der Waals surface area contributed by atoms with Gasteiger partial charge in [-0.05, 0) is 51.5 Å². The van der Waals surface area contributed by atoms with Gasteiger partial charge in [0, 0.05) is 6.04 Å². The van der Waals surface area contributed by atoms with Crippen molar-refractivity contribution in [2.75, 3.05) is 0 Å². The van der Waals surface area contributed by atoms with Crippen molar-refractivity contribution in [1.29, 1.82) is 0 Å². The molecule has 0 aromatic heterocycles. The Morgan fingerprint density at radius 1 is 1.20 bits per heavy atom. The van der Waals surface area contributed by atoms with Crippen LogP contribution in [-0.2, 0) is 4.74 Å². The van der Waals surface area contributed by atoms with E-state index in [4.69, 9.17) is 4.74 Å². The standard InChI is InChI=1S/C17H25NO2/c1-17(2,3)20-16(19)18-15-11-7-10-14(12-15)13-8-5-4-6-9-13/h4-6,8-9,14-15H,7,10-12H2,1-3H3,(H,18,19). The van der Waals surface area contributed by atoms with E-state index in [1.54, 1.807) is 0 Å². The van der Waals surface area contributed by atoms with E-state index in [2.05, 4.69) is 29.6 Å². The highest BCUT2D eigenvalue weighted by atomic mass is 16.6. The third-order valence-corrected chi connectivity index (χ3v) is 3.67. The van der Waals surface area contributed by atoms with Crippen LogP contribution in [-0.4, -0.2) is 17.7 Å². The monoisotopic (exact) mass is 275 g/mol. The molecule has 0 spiro atoms. The molecule has 1 aliphatic carbocycles. The number of hydrogen-bond acceptors (Lipinski definition) is 2. The zero-order chi connectivity index (χ0) is 14.6. The maximum absolute atomic E-state index is 11.8. The van der Waals surface area contributed by atoms with E-state index in [0.717, 1.165) is 19.3 Å². The lowest BCUT2D eigenvalue weighted by Gasteiger charge is -2.31. The van der Waals surface area contributed by atoms with E-state index in [1.807, 2.05) is 26.8 Å². The predicted octanol–water partition coefficient (Wildman–Crippen LogP) is 4.24. The van der Waals surface area contributed by atoms with Crippen molar-refractivity contribution >= 4 is 6.09 Å². The largest absolute Gasteiger partial charge is 0.444 e. The molecule has 1 aliphatic rings. The average Bonchev–Trinajstić information content (AvgIpc) is 2.38. The molecule has 1 aromatic rings. The molecule has 0 saturated heterocycles. The van der Waals surface area contributed by atoms with E-state index >= 15 is 0 Å². The lowest BCUT2D eigenvalue weighted by atomic mass is 9.81. The van der Waals surface area contributed by atoms with E-state index in [-0.39, 0.29) is 12.1 Å². The zero-order valence-corrected chi connectivity index (χ0v) is 12.7. The molecule has 3 heteroatoms. The lowest BCUT2D eigenvalue weighted by molar-refractivity contribution is 0.0490. The van der Waals surface area contributed by atoms with Gasteiger partial charge in [-0.3, -0.25) is 0 Å². The summed E-state index contributed by atoms with van der Waals surface area (Å²) in [5, 5.41) is 3.01. The third-order valence-electron chi connectivity index (χ3n) is 3.67. The van der Waals surface area contributed by atoms with Crippen molar-refractivity contribution in [3.63, 3.8) is 0 Å². The number of ether oxygens (including phenoxy) is 1. The van der Waals surface area contributed by atoms with Crippen LogP contribution in [0.15, 0.2) is 30.3 Å². The topological polar surface area (TPSA) is 38.3 Å². The molecular weight excluding hydrogens is 250 g/mol. The van der Waals surface area contributed by atoms with Gasteiger partial charge in [0.05, 0.1) is 0 Å². The van der Waals surface area contributed by atoms with Gasteiger partial charge in [-0.2, -0.15) is 0 Å². The molecule has 1 aromatic carbocycles. The fourth-order valence-electron chi connectivity index (χ4n) is 2.82. The molecule has 0 aliphatic heterocycles. The number of alkyl carbamates (subject to hydrolysis) is 1. The number of benzene rings is 1. The Labute approximate surface area is 121 Å². The highest BCUT2D eigenvalue weighted by Gasteiger charge is 2.26. The first-order chi connectivity index (χ1) is 9.44. The van der Waals surface area contributed by atoms with Crippen LogP contribution in [0.2, 0.25) is 0 Å². The summed E-state index contributed by atoms with van der Waals surface area (Å²) in [6, 6.07) is 10.8. The Bertz CT molecular complexity index is 436. The molecule has 2 atom stereocenters. The van der Waals surface area contributed by atoms with Crippen molar-refractivity contribution in [2.24, 2.45) is 0 Å². The second kappa shape index (κ2) is 6.29. The van der Waals surface area contributed by atoms with Gasteiger partial charge in [-0.25, -0.2) is 4.79 Å². The Balaban J connectivity index is 1.89. The van der Waals surface area contributed by atoms with Gasteiger partial charge in [0.1, 0.15) is 5.60 Å². The number of carbonyl (C=O) groups excluding carboxylic acids is 1. The number of hydrogen-bond donors (Lipinski definition) is 1. The van der Waals surface area contributed by atoms with Gasteiger partial charge in [0.25, 0.3) is 0 Å². The first-order valence-electron chi connectivity index (χ1n) is 7.48. The van der Waals surface area contributed by atoms with Gasteiger partial charge in [0.2, 0.25) is 0 Å². The summed E-state index contributed by atoms with van der Waals surface area (Å²) in [6.07, 6.45) is 4.11. The summed E-state index contributed by atoms with van der Waals surface area (Å²) < 4.78 is 5.33. The van der Waals surface area contributed by atoms with Gasteiger partial charge in [0.15, 0.2) is 0 Å². The van der Waals surface area contributed by atoms with Crippen LogP contribution in [0.5, 0.6) is 0 Å². The van der Waals surface area contributed by atoms with E-state index < -0.39 is 5.60 Å². The molecule has 0 radical (unpaired) electrons. The van der Waals surface area contributed by atoms with Crippen LogP contribution in [0.25, 0.3) is 0 Å². The van der Waals surface area contributed by atoms with Crippen LogP contribution in [0.4, 0.5) is 4.79 Å². The first kappa shape index (κ1) is 14.9. The number of rotatable bonds is 2. The van der Waals surface area contributed by atoms with Gasteiger partial charge in [-0.15, -0.1) is 0 Å². The SMILES string of the molecule is CC(C)(C)OC(=O)NC1CCCC(c2ccccc2)C1. The Kier molecular flexibility index (Phi) is 4.69. The highest BCUT2D eigenvalue weighted by molar-refractivity contribution is 5.68. The van der Waals surface area contributed by atoms with E-state index in [0.29, 0.717) is 5.92 Å². The molecule has 1 fully saturated rings. The average molecular weight is 275 g/mol. The van der Waals surface area contributed by atoms with Crippen molar-refractivity contribution in [1.82, 2.24) is 5.32 Å². The normalized spacial score (nSPS) is 23.1. The maximum atomic E-state index is 11.8. The molecule has 3 nitrogen and oxygen atoms in total. The van der Waals surface area contributed by atoms with Crippen molar-refractivity contribution in [3.8, 4) is 0 Å². The molecule has 110 valence electrons. The van der Waals surface area contributed by atoms with Crippen molar-refractivity contribution in [3.05, 3.63) is 35.9 Å². The van der Waals surface area contributed by atoms with Crippen molar-refractivity contribution in [2.45, 2.75) is 64.0 Å². The van der Waals surface area contributed by atoms with Gasteiger partial charge >= 0.3 is 6.09 Å². The summed E-state index contributed by atoms with van der Waals surface area (Å²) in [6.45, 7) is 5.67. The molecule has 2 rings (SSSR count). The van der Waals surface area contributed by atoms with E-state index in [9.17, 15) is 4.79 Å². The molecule has 0 bridgehead atoms. The molecule has 0 heterocycles. The first-order valence-corrected chi connectivity index (χ1v) is 7.48. The van der Waals surface area contributed by atoms with Gasteiger partial charge < -0.3 is 10.1 Å². The molecule has 20 heavy (non-hydrogen) atoms. The molecule has 1 saturated carbocycles. The maximum Gasteiger partial charge on any atom is 0.407 e. The molecule has 1 N–H and O–H groups in total. The summed E-state index contributed by atoms with van der Waals surface area (Å²) in [4.78, 5) is 11.8. The zero-order valence-electron chi connectivity index (χ0n) is 12.7. The van der Waals surface area contributed by atoms with Crippen LogP contribution in [0.1, 0.15) is 57.9 Å². The fourth-order valence-corrected chi connectivity index (χ4v) is 2.82. The smallest absolute Gasteiger partial charge is 0.407 e. The third kappa shape index (κ3) is 4.55. The minimum atomic E-state index is -0.433. The van der Waals surface area contributed by atoms with Gasteiger partial charge in [-0.1, -0.05) is 36.8 Å². The van der Waals surface area contributed by atoms with Crippen molar-refractivity contribution < 1.29 is 9.53 Å². The summed E-state index contributed by atoms with van der Waals surface area (Å²) in [5.74, 6) is 0.546. The van der Waals surface area contributed by atoms with Crippen LogP contribution >= 0.6 is 0 Å². The Morgan fingerprint density at radius 3 is 2.55 bits per heavy atom. The Hall–Kier alpha value is -1.51. The quantitative estimate of drug-likeness (QED) is 0.876. The van der Waals surface area contributed by atoms with Crippen LogP contribution in [0.3, 0.4) is 0 Å². The number of amides is 1. The lowest BCUT2D eigenvalue weighted by Crippen LogP contribution is -2.41. The Morgan fingerprint density at radius 2 is 1.90 bits per heavy atom. The minimum Gasteiger partial charge on any atom is -0.444 e. The highest BCUT2D eigenvalue weighted by Crippen LogP contribution is 2.32. The number of nitrogens with one attached hydrogen (secondary N) is 1. The predicted molar refractivity (Wildman–Crippen MR) is 80.8 cm³/mol. The van der Waals surface area contributed by atoms with E-state index in [1.165, 1.54) is 12.0 Å².